The molecule has 34 heavy (non-hydrogen) atoms. The van der Waals surface area contributed by atoms with Gasteiger partial charge in [-0.3, -0.25) is 14.3 Å². The second kappa shape index (κ2) is 8.64. The van der Waals surface area contributed by atoms with Crippen LogP contribution >= 0.6 is 11.6 Å². The average Bonchev–Trinajstić information content (AvgIpc) is 3.50. The summed E-state index contributed by atoms with van der Waals surface area (Å²) >= 11 is 6.51. The first-order chi connectivity index (χ1) is 16.2. The monoisotopic (exact) mass is 485 g/mol. The molecule has 0 bridgehead atoms. The highest BCUT2D eigenvalue weighted by Crippen LogP contribution is 2.43. The minimum atomic E-state index is -0.929. The lowest BCUT2D eigenvalue weighted by molar-refractivity contribution is -0.148. The van der Waals surface area contributed by atoms with Crippen molar-refractivity contribution in [2.75, 3.05) is 11.9 Å². The smallest absolute Gasteiger partial charge is 0.249 e. The van der Waals surface area contributed by atoms with E-state index >= 15 is 0 Å². The number of fused-ring (bicyclic) bond motifs is 1. The second-order valence-corrected chi connectivity index (χ2v) is 11.2. The van der Waals surface area contributed by atoms with Crippen molar-refractivity contribution in [2.24, 2.45) is 23.0 Å². The van der Waals surface area contributed by atoms with Crippen molar-refractivity contribution < 1.29 is 14.3 Å². The summed E-state index contributed by atoms with van der Waals surface area (Å²) in [6.45, 7) is 5.86. The molecule has 0 aromatic carbocycles. The quantitative estimate of drug-likeness (QED) is 0.665. The zero-order chi connectivity index (χ0) is 24.1. The molecule has 182 valence electrons. The van der Waals surface area contributed by atoms with Crippen molar-refractivity contribution in [3.8, 4) is 11.1 Å². The van der Waals surface area contributed by atoms with Crippen molar-refractivity contribution in [3.63, 3.8) is 0 Å². The highest BCUT2D eigenvalue weighted by Gasteiger charge is 2.49. The molecule has 2 fully saturated rings. The van der Waals surface area contributed by atoms with E-state index in [9.17, 15) is 9.59 Å². The van der Waals surface area contributed by atoms with E-state index in [1.54, 1.807) is 6.20 Å². The van der Waals surface area contributed by atoms with Gasteiger partial charge >= 0.3 is 0 Å². The maximum absolute atomic E-state index is 13.2. The topological polar surface area (TPSA) is 112 Å². The Labute approximate surface area is 204 Å². The van der Waals surface area contributed by atoms with Gasteiger partial charge in [-0.2, -0.15) is 5.10 Å². The molecule has 4 heterocycles. The summed E-state index contributed by atoms with van der Waals surface area (Å²) in [4.78, 5) is 29.8. The highest BCUT2D eigenvalue weighted by molar-refractivity contribution is 6.33. The van der Waals surface area contributed by atoms with Crippen molar-refractivity contribution >= 4 is 29.2 Å². The fourth-order valence-corrected chi connectivity index (χ4v) is 6.25. The van der Waals surface area contributed by atoms with Crippen molar-refractivity contribution in [3.05, 3.63) is 29.2 Å². The van der Waals surface area contributed by atoms with Gasteiger partial charge in [-0.25, -0.2) is 4.98 Å². The van der Waals surface area contributed by atoms with Gasteiger partial charge in [0, 0.05) is 42.1 Å². The summed E-state index contributed by atoms with van der Waals surface area (Å²) in [5.74, 6) is -0.294. The minimum absolute atomic E-state index is 0.0379. The number of amides is 2. The molecule has 1 aliphatic carbocycles. The van der Waals surface area contributed by atoms with E-state index in [4.69, 9.17) is 22.1 Å². The Morgan fingerprint density at radius 3 is 2.79 bits per heavy atom. The van der Waals surface area contributed by atoms with E-state index < -0.39 is 11.5 Å². The number of nitrogens with zero attached hydrogens (tertiary/aromatic N) is 3. The lowest BCUT2D eigenvalue weighted by Gasteiger charge is -2.38. The molecule has 3 aliphatic rings. The van der Waals surface area contributed by atoms with Gasteiger partial charge in [-0.05, 0) is 55.9 Å². The van der Waals surface area contributed by atoms with Crippen molar-refractivity contribution in [2.45, 2.75) is 70.9 Å². The highest BCUT2D eigenvalue weighted by atomic mass is 35.5. The molecule has 1 saturated heterocycles. The van der Waals surface area contributed by atoms with Gasteiger partial charge in [0.05, 0.1) is 11.2 Å². The lowest BCUT2D eigenvalue weighted by atomic mass is 9.71. The number of carbonyl (C=O) groups is 2. The summed E-state index contributed by atoms with van der Waals surface area (Å²) in [6.07, 6.45) is 8.85. The second-order valence-electron chi connectivity index (χ2n) is 10.8. The van der Waals surface area contributed by atoms with E-state index in [2.05, 4.69) is 29.2 Å². The van der Waals surface area contributed by atoms with E-state index in [-0.39, 0.29) is 23.2 Å². The summed E-state index contributed by atoms with van der Waals surface area (Å²) in [6, 6.07) is 1.83. The van der Waals surface area contributed by atoms with Gasteiger partial charge in [0.1, 0.15) is 11.4 Å². The number of ether oxygens (including phenoxy) is 1. The van der Waals surface area contributed by atoms with Crippen LogP contribution in [-0.2, 0) is 27.3 Å². The number of carbonyl (C=O) groups excluding carboxylic acids is 2. The van der Waals surface area contributed by atoms with Crippen LogP contribution in [0.15, 0.2) is 18.5 Å². The number of hydrogen-bond acceptors (Lipinski definition) is 5. The van der Waals surface area contributed by atoms with Gasteiger partial charge in [0.25, 0.3) is 0 Å². The van der Waals surface area contributed by atoms with Crippen LogP contribution in [0.25, 0.3) is 11.1 Å². The molecule has 0 radical (unpaired) electrons. The molecule has 9 heteroatoms. The molecular formula is C25H32ClN5O3. The Morgan fingerprint density at radius 2 is 2.06 bits per heavy atom. The average molecular weight is 486 g/mol. The van der Waals surface area contributed by atoms with Crippen LogP contribution in [0.3, 0.4) is 0 Å². The maximum Gasteiger partial charge on any atom is 0.249 e. The molecule has 1 saturated carbocycles. The predicted molar refractivity (Wildman–Crippen MR) is 129 cm³/mol. The Hall–Kier alpha value is -2.45. The third-order valence-corrected chi connectivity index (χ3v) is 8.04. The van der Waals surface area contributed by atoms with Crippen LogP contribution in [0.5, 0.6) is 0 Å². The third kappa shape index (κ3) is 4.11. The van der Waals surface area contributed by atoms with Crippen LogP contribution in [-0.4, -0.2) is 38.8 Å². The number of aromatic nitrogens is 3. The number of pyridine rings is 1. The molecule has 3 atom stereocenters. The Kier molecular flexibility index (Phi) is 5.92. The number of halogens is 1. The first-order valence-corrected chi connectivity index (χ1v) is 12.5. The Morgan fingerprint density at radius 1 is 1.24 bits per heavy atom. The molecule has 0 spiro atoms. The summed E-state index contributed by atoms with van der Waals surface area (Å²) < 4.78 is 7.90. The van der Waals surface area contributed by atoms with E-state index in [1.165, 1.54) is 0 Å². The molecule has 3 N–H and O–H groups in total. The molecule has 2 aromatic rings. The van der Waals surface area contributed by atoms with Crippen molar-refractivity contribution in [1.82, 2.24) is 14.8 Å². The summed E-state index contributed by atoms with van der Waals surface area (Å²) in [5, 5.41) is 8.05. The normalized spacial score (nSPS) is 28.0. The predicted octanol–water partition coefficient (Wildman–Crippen LogP) is 3.96. The Balaban J connectivity index is 1.33. The molecule has 1 unspecified atom stereocenters. The van der Waals surface area contributed by atoms with E-state index in [0.29, 0.717) is 30.3 Å². The fraction of sp³-hybridized carbons (Fsp3) is 0.600. The molecule has 5 rings (SSSR count). The number of anilines is 1. The van der Waals surface area contributed by atoms with Crippen LogP contribution < -0.4 is 11.1 Å². The van der Waals surface area contributed by atoms with Gasteiger partial charge in [0.15, 0.2) is 0 Å². The molecule has 8 nitrogen and oxygen atoms in total. The van der Waals surface area contributed by atoms with Gasteiger partial charge in [0.2, 0.25) is 11.8 Å². The lowest BCUT2D eigenvalue weighted by Crippen LogP contribution is -2.51. The third-order valence-electron chi connectivity index (χ3n) is 7.74. The van der Waals surface area contributed by atoms with Crippen LogP contribution in [0.2, 0.25) is 5.02 Å². The maximum atomic E-state index is 13.2. The van der Waals surface area contributed by atoms with Crippen LogP contribution in [0.1, 0.15) is 58.1 Å². The van der Waals surface area contributed by atoms with E-state index in [1.807, 2.05) is 16.9 Å². The molecule has 2 aromatic heterocycles. The minimum Gasteiger partial charge on any atom is -0.367 e. The first-order valence-electron chi connectivity index (χ1n) is 12.1. The fourth-order valence-electron chi connectivity index (χ4n) is 6.04. The largest absolute Gasteiger partial charge is 0.367 e. The SMILES string of the molecule is CC1(C)Cc2c(-c3cc(NC(=O)[C@H]4CCC[C@@H](C5(C(N)=O)CCCO5)C4)ncc3Cl)cnn2C1. The molecular weight excluding hydrogens is 454 g/mol. The first kappa shape index (κ1) is 23.3. The summed E-state index contributed by atoms with van der Waals surface area (Å²) in [5.41, 5.74) is 7.92. The zero-order valence-corrected chi connectivity index (χ0v) is 20.5. The van der Waals surface area contributed by atoms with E-state index in [0.717, 1.165) is 55.5 Å². The summed E-state index contributed by atoms with van der Waals surface area (Å²) in [7, 11) is 0. The van der Waals surface area contributed by atoms with Crippen molar-refractivity contribution in [1.29, 1.82) is 0 Å². The number of nitrogens with two attached hydrogens (primary N) is 1. The van der Waals surface area contributed by atoms with Crippen LogP contribution in [0.4, 0.5) is 5.82 Å². The number of rotatable bonds is 5. The van der Waals surface area contributed by atoms with Gasteiger partial charge < -0.3 is 15.8 Å². The molecule has 2 amide bonds. The van der Waals surface area contributed by atoms with Gasteiger partial charge in [-0.15, -0.1) is 0 Å². The standard InChI is InChI=1S/C25H32ClN5O3/c1-24(2)11-20-18(12-29-31(20)14-24)17-10-21(28-13-19(17)26)30-22(32)15-5-3-6-16(9-15)25(23(27)33)7-4-8-34-25/h10,12-13,15-16H,3-9,11,14H2,1-2H3,(H2,27,33)(H,28,30,32)/t15-,16+,25?/m0/s1. The number of nitrogens with one attached hydrogen (secondary N) is 1. The Bertz CT molecular complexity index is 1120. The van der Waals surface area contributed by atoms with Gasteiger partial charge in [-0.1, -0.05) is 31.9 Å². The number of primary amides is 1. The zero-order valence-electron chi connectivity index (χ0n) is 19.8. The number of hydrogen-bond donors (Lipinski definition) is 2. The molecule has 2 aliphatic heterocycles. The van der Waals surface area contributed by atoms with Crippen LogP contribution in [0, 0.1) is 17.3 Å².